The Bertz CT molecular complexity index is 835. The lowest BCUT2D eigenvalue weighted by Crippen LogP contribution is -2.18. The first kappa shape index (κ1) is 16.1. The minimum absolute atomic E-state index is 0.0123. The summed E-state index contributed by atoms with van der Waals surface area (Å²) in [4.78, 5) is 15.6. The summed E-state index contributed by atoms with van der Waals surface area (Å²) in [5, 5.41) is 0. The summed E-state index contributed by atoms with van der Waals surface area (Å²) in [6.07, 6.45) is -4.46. The van der Waals surface area contributed by atoms with Crippen LogP contribution in [0.15, 0.2) is 36.4 Å². The maximum absolute atomic E-state index is 13.5. The zero-order valence-corrected chi connectivity index (χ0v) is 13.7. The van der Waals surface area contributed by atoms with Gasteiger partial charge in [-0.2, -0.15) is 13.2 Å². The van der Waals surface area contributed by atoms with Crippen molar-refractivity contribution in [3.63, 3.8) is 0 Å². The Balaban J connectivity index is 1.67. The summed E-state index contributed by atoms with van der Waals surface area (Å²) in [6.45, 7) is 1.82. The molecule has 2 heterocycles. The van der Waals surface area contributed by atoms with E-state index in [0.29, 0.717) is 25.2 Å². The second-order valence-corrected chi connectivity index (χ2v) is 6.74. The first-order valence-corrected chi connectivity index (χ1v) is 8.10. The van der Waals surface area contributed by atoms with E-state index in [9.17, 15) is 18.0 Å². The van der Waals surface area contributed by atoms with Crippen LogP contribution < -0.4 is 0 Å². The molecule has 0 aliphatic carbocycles. The molecule has 0 fully saturated rings. The van der Waals surface area contributed by atoms with Crippen molar-refractivity contribution < 1.29 is 18.0 Å². The molecular formula is C19H17F3N2O. The molecule has 0 spiro atoms. The van der Waals surface area contributed by atoms with Gasteiger partial charge in [0.1, 0.15) is 0 Å². The number of hydrogen-bond acceptors (Lipinski definition) is 2. The third kappa shape index (κ3) is 2.80. The first-order valence-electron chi connectivity index (χ1n) is 8.10. The van der Waals surface area contributed by atoms with Crippen LogP contribution in [0.4, 0.5) is 13.2 Å². The SMILES string of the molecule is CN1Cc2c(cc(CN3Cc4ccccc4C3)cc2C(F)(F)F)C1=O. The van der Waals surface area contributed by atoms with Gasteiger partial charge in [-0.15, -0.1) is 0 Å². The summed E-state index contributed by atoms with van der Waals surface area (Å²) in [7, 11) is 1.53. The van der Waals surface area contributed by atoms with Gasteiger partial charge in [-0.25, -0.2) is 0 Å². The fourth-order valence-electron chi connectivity index (χ4n) is 3.73. The molecule has 0 bridgehead atoms. The molecule has 1 amide bonds. The van der Waals surface area contributed by atoms with E-state index in [4.69, 9.17) is 0 Å². The highest BCUT2D eigenvalue weighted by atomic mass is 19.4. The second kappa shape index (κ2) is 5.59. The van der Waals surface area contributed by atoms with Gasteiger partial charge in [0, 0.05) is 38.8 Å². The number of amides is 1. The number of rotatable bonds is 2. The number of benzene rings is 2. The molecular weight excluding hydrogens is 329 g/mol. The number of carbonyl (C=O) groups excluding carboxylic acids is 1. The van der Waals surface area contributed by atoms with E-state index in [1.54, 1.807) is 6.07 Å². The Morgan fingerprint density at radius 3 is 2.28 bits per heavy atom. The van der Waals surface area contributed by atoms with Gasteiger partial charge in [-0.3, -0.25) is 9.69 Å². The van der Waals surface area contributed by atoms with Crippen LogP contribution in [0.25, 0.3) is 0 Å². The molecule has 0 saturated heterocycles. The van der Waals surface area contributed by atoms with E-state index in [-0.39, 0.29) is 23.6 Å². The van der Waals surface area contributed by atoms with Gasteiger partial charge >= 0.3 is 6.18 Å². The lowest BCUT2D eigenvalue weighted by atomic mass is 9.98. The minimum Gasteiger partial charge on any atom is -0.337 e. The van der Waals surface area contributed by atoms with Crippen LogP contribution in [0.3, 0.4) is 0 Å². The number of halogens is 3. The quantitative estimate of drug-likeness (QED) is 0.826. The number of nitrogens with zero attached hydrogens (tertiary/aromatic N) is 2. The van der Waals surface area contributed by atoms with Gasteiger partial charge in [-0.1, -0.05) is 24.3 Å². The van der Waals surface area contributed by atoms with Crippen LogP contribution in [0.2, 0.25) is 0 Å². The lowest BCUT2D eigenvalue weighted by molar-refractivity contribution is -0.138. The Kier molecular flexibility index (Phi) is 3.61. The average molecular weight is 346 g/mol. The van der Waals surface area contributed by atoms with Crippen molar-refractivity contribution in [3.05, 3.63) is 69.8 Å². The molecule has 2 aromatic carbocycles. The molecule has 2 aliphatic heterocycles. The van der Waals surface area contributed by atoms with E-state index in [0.717, 1.165) is 0 Å². The maximum atomic E-state index is 13.5. The van der Waals surface area contributed by atoms with Crippen LogP contribution >= 0.6 is 0 Å². The third-order valence-electron chi connectivity index (χ3n) is 4.90. The van der Waals surface area contributed by atoms with E-state index >= 15 is 0 Å². The molecule has 3 nitrogen and oxygen atoms in total. The van der Waals surface area contributed by atoms with Gasteiger partial charge in [0.25, 0.3) is 5.91 Å². The van der Waals surface area contributed by atoms with E-state index in [1.807, 2.05) is 24.3 Å². The van der Waals surface area contributed by atoms with Crippen LogP contribution in [0, 0.1) is 0 Å². The second-order valence-electron chi connectivity index (χ2n) is 6.74. The summed E-state index contributed by atoms with van der Waals surface area (Å²) in [6, 6.07) is 10.8. The fourth-order valence-corrected chi connectivity index (χ4v) is 3.73. The van der Waals surface area contributed by atoms with E-state index in [2.05, 4.69) is 4.90 Å². The largest absolute Gasteiger partial charge is 0.416 e. The number of carbonyl (C=O) groups is 1. The number of fused-ring (bicyclic) bond motifs is 2. The summed E-state index contributed by atoms with van der Waals surface area (Å²) in [5.74, 6) is -0.341. The van der Waals surface area contributed by atoms with Gasteiger partial charge < -0.3 is 4.90 Å². The average Bonchev–Trinajstić information content (AvgIpc) is 3.07. The van der Waals surface area contributed by atoms with Crippen molar-refractivity contribution in [2.75, 3.05) is 7.05 Å². The molecule has 0 N–H and O–H groups in total. The summed E-state index contributed by atoms with van der Waals surface area (Å²) in [5.41, 5.74) is 2.53. The molecule has 0 atom stereocenters. The zero-order valence-electron chi connectivity index (χ0n) is 13.7. The van der Waals surface area contributed by atoms with Crippen LogP contribution in [-0.4, -0.2) is 22.8 Å². The number of alkyl halides is 3. The smallest absolute Gasteiger partial charge is 0.337 e. The van der Waals surface area contributed by atoms with Crippen molar-refractivity contribution in [1.82, 2.24) is 9.80 Å². The monoisotopic (exact) mass is 346 g/mol. The molecule has 2 aliphatic rings. The third-order valence-corrected chi connectivity index (χ3v) is 4.90. The van der Waals surface area contributed by atoms with Gasteiger partial charge in [0.05, 0.1) is 5.56 Å². The van der Waals surface area contributed by atoms with E-state index in [1.165, 1.54) is 29.1 Å². The Morgan fingerprint density at radius 1 is 1.04 bits per heavy atom. The molecule has 0 unspecified atom stereocenters. The lowest BCUT2D eigenvalue weighted by Gasteiger charge is -2.18. The zero-order chi connectivity index (χ0) is 17.8. The molecule has 0 aromatic heterocycles. The normalized spacial score (nSPS) is 17.1. The molecule has 0 saturated carbocycles. The maximum Gasteiger partial charge on any atom is 0.416 e. The van der Waals surface area contributed by atoms with Crippen molar-refractivity contribution in [3.8, 4) is 0 Å². The molecule has 0 radical (unpaired) electrons. The van der Waals surface area contributed by atoms with Gasteiger partial charge in [0.15, 0.2) is 0 Å². The molecule has 4 rings (SSSR count). The number of hydrogen-bond donors (Lipinski definition) is 0. The minimum atomic E-state index is -4.46. The molecule has 25 heavy (non-hydrogen) atoms. The highest BCUT2D eigenvalue weighted by Gasteiger charge is 2.39. The standard InChI is InChI=1S/C19H17F3N2O/c1-23-11-16-15(18(23)25)6-12(7-17(16)19(20,21)22)8-24-9-13-4-2-3-5-14(13)10-24/h2-7H,8-11H2,1H3. The van der Waals surface area contributed by atoms with Crippen LogP contribution in [0.5, 0.6) is 0 Å². The Labute approximate surface area is 143 Å². The van der Waals surface area contributed by atoms with Crippen LogP contribution in [-0.2, 0) is 32.4 Å². The summed E-state index contributed by atoms with van der Waals surface area (Å²) >= 11 is 0. The molecule has 6 heteroatoms. The summed E-state index contributed by atoms with van der Waals surface area (Å²) < 4.78 is 40.4. The Hall–Kier alpha value is -2.34. The van der Waals surface area contributed by atoms with Gasteiger partial charge in [0.2, 0.25) is 0 Å². The first-order chi connectivity index (χ1) is 11.8. The van der Waals surface area contributed by atoms with Crippen molar-refractivity contribution in [2.45, 2.75) is 32.4 Å². The van der Waals surface area contributed by atoms with E-state index < -0.39 is 11.7 Å². The molecule has 2 aromatic rings. The topological polar surface area (TPSA) is 23.6 Å². The highest BCUT2D eigenvalue weighted by Crippen LogP contribution is 2.38. The van der Waals surface area contributed by atoms with Crippen molar-refractivity contribution in [1.29, 1.82) is 0 Å². The Morgan fingerprint density at radius 2 is 1.68 bits per heavy atom. The van der Waals surface area contributed by atoms with Crippen LogP contribution in [0.1, 0.15) is 38.2 Å². The van der Waals surface area contributed by atoms with Crippen molar-refractivity contribution >= 4 is 5.91 Å². The predicted molar refractivity (Wildman–Crippen MR) is 86.6 cm³/mol. The molecule has 130 valence electrons. The fraction of sp³-hybridized carbons (Fsp3) is 0.316. The van der Waals surface area contributed by atoms with Gasteiger partial charge in [-0.05, 0) is 34.4 Å². The predicted octanol–water partition coefficient (Wildman–Crippen LogP) is 3.81. The highest BCUT2D eigenvalue weighted by molar-refractivity contribution is 5.98. The van der Waals surface area contributed by atoms with Crippen molar-refractivity contribution in [2.24, 2.45) is 0 Å².